The molecule has 144 valence electrons. The van der Waals surface area contributed by atoms with Crippen LogP contribution in [0, 0.1) is 0 Å². The van der Waals surface area contributed by atoms with Crippen molar-refractivity contribution < 1.29 is 32.2 Å². The number of nitrogens with one attached hydrogen (secondary N) is 1. The van der Waals surface area contributed by atoms with Crippen molar-refractivity contribution >= 4 is 12.0 Å². The first-order valence-electron chi connectivity index (χ1n) is 8.31. The average Bonchev–Trinajstić information content (AvgIpc) is 3.17. The summed E-state index contributed by atoms with van der Waals surface area (Å²) in [5.41, 5.74) is 2.92. The van der Waals surface area contributed by atoms with Crippen molar-refractivity contribution in [2.24, 2.45) is 5.73 Å². The first kappa shape index (κ1) is 19.8. The maximum atomic E-state index is 13.2. The Labute approximate surface area is 144 Å². The average molecular weight is 367 g/mol. The zero-order valence-corrected chi connectivity index (χ0v) is 14.1. The number of halogens is 3. The van der Waals surface area contributed by atoms with Gasteiger partial charge in [0.1, 0.15) is 6.23 Å². The highest BCUT2D eigenvalue weighted by Crippen LogP contribution is 2.45. The van der Waals surface area contributed by atoms with Crippen LogP contribution in [-0.4, -0.2) is 61.1 Å². The molecule has 3 N–H and O–H groups in total. The van der Waals surface area contributed by atoms with Gasteiger partial charge in [-0.15, -0.1) is 0 Å². The van der Waals surface area contributed by atoms with E-state index in [2.05, 4.69) is 5.32 Å². The van der Waals surface area contributed by atoms with E-state index in [1.165, 1.54) is 7.11 Å². The smallest absolute Gasteiger partial charge is 0.428 e. The van der Waals surface area contributed by atoms with Crippen LogP contribution in [0.2, 0.25) is 0 Å². The molecule has 1 unspecified atom stereocenters. The minimum Gasteiger partial charge on any atom is -0.433 e. The molecule has 0 aromatic heterocycles. The van der Waals surface area contributed by atoms with Crippen molar-refractivity contribution in [2.75, 3.05) is 20.2 Å². The van der Waals surface area contributed by atoms with E-state index >= 15 is 0 Å². The zero-order chi connectivity index (χ0) is 18.7. The van der Waals surface area contributed by atoms with E-state index in [1.807, 2.05) is 0 Å². The Bertz CT molecular complexity index is 495. The standard InChI is InChI=1S/C15H24F3N3O4/c1-24-11(21-8-4-5-10(21)12(19)22)9-20-13(23)25-14(15(16,17)18)6-2-3-7-14/h10-11H,2-9H2,1H3,(H2,19,22)(H,20,23)/t10-,11?/m0/s1. The molecule has 25 heavy (non-hydrogen) atoms. The van der Waals surface area contributed by atoms with E-state index < -0.39 is 36.0 Å². The molecule has 1 aliphatic heterocycles. The Morgan fingerprint density at radius 2 is 1.96 bits per heavy atom. The second-order valence-electron chi connectivity index (χ2n) is 6.46. The number of hydrogen-bond donors (Lipinski definition) is 2. The summed E-state index contributed by atoms with van der Waals surface area (Å²) in [5, 5.41) is 2.31. The van der Waals surface area contributed by atoms with Crippen molar-refractivity contribution in [1.29, 1.82) is 0 Å². The van der Waals surface area contributed by atoms with Crippen LogP contribution in [0.25, 0.3) is 0 Å². The molecule has 0 spiro atoms. The van der Waals surface area contributed by atoms with Crippen molar-refractivity contribution in [3.8, 4) is 0 Å². The molecule has 0 aromatic rings. The summed E-state index contributed by atoms with van der Waals surface area (Å²) in [6.07, 6.45) is -4.82. The Morgan fingerprint density at radius 3 is 2.48 bits per heavy atom. The predicted molar refractivity (Wildman–Crippen MR) is 81.5 cm³/mol. The summed E-state index contributed by atoms with van der Waals surface area (Å²) in [6.45, 7) is 0.447. The van der Waals surface area contributed by atoms with Gasteiger partial charge >= 0.3 is 12.3 Å². The molecule has 2 amide bonds. The van der Waals surface area contributed by atoms with Crippen LogP contribution in [0.3, 0.4) is 0 Å². The molecule has 7 nitrogen and oxygen atoms in total. The second kappa shape index (κ2) is 7.77. The number of ether oxygens (including phenoxy) is 2. The maximum absolute atomic E-state index is 13.2. The molecule has 1 saturated heterocycles. The lowest BCUT2D eigenvalue weighted by atomic mass is 10.0. The summed E-state index contributed by atoms with van der Waals surface area (Å²) in [6, 6.07) is -0.515. The van der Waals surface area contributed by atoms with Crippen LogP contribution >= 0.6 is 0 Å². The van der Waals surface area contributed by atoms with Crippen molar-refractivity contribution in [3.63, 3.8) is 0 Å². The van der Waals surface area contributed by atoms with Crippen LogP contribution in [0.1, 0.15) is 38.5 Å². The lowest BCUT2D eigenvalue weighted by Gasteiger charge is -2.33. The maximum Gasteiger partial charge on any atom is 0.428 e. The van der Waals surface area contributed by atoms with E-state index in [4.69, 9.17) is 15.2 Å². The van der Waals surface area contributed by atoms with Gasteiger partial charge in [-0.2, -0.15) is 13.2 Å². The van der Waals surface area contributed by atoms with Crippen LogP contribution < -0.4 is 11.1 Å². The van der Waals surface area contributed by atoms with E-state index in [9.17, 15) is 22.8 Å². The Balaban J connectivity index is 1.92. The molecule has 1 heterocycles. The van der Waals surface area contributed by atoms with E-state index in [0.717, 1.165) is 6.42 Å². The van der Waals surface area contributed by atoms with E-state index in [-0.39, 0.29) is 19.4 Å². The number of rotatable bonds is 6. The van der Waals surface area contributed by atoms with Crippen molar-refractivity contribution in [3.05, 3.63) is 0 Å². The van der Waals surface area contributed by atoms with Crippen LogP contribution in [0.4, 0.5) is 18.0 Å². The Hall–Kier alpha value is -1.55. The number of hydrogen-bond acceptors (Lipinski definition) is 5. The van der Waals surface area contributed by atoms with Gasteiger partial charge < -0.3 is 20.5 Å². The number of likely N-dealkylation sites (tertiary alicyclic amines) is 1. The van der Waals surface area contributed by atoms with Gasteiger partial charge in [-0.05, 0) is 38.5 Å². The molecule has 0 bridgehead atoms. The first-order valence-corrected chi connectivity index (χ1v) is 8.31. The molecule has 2 atom stereocenters. The third-order valence-corrected chi connectivity index (χ3v) is 4.90. The minimum absolute atomic E-state index is 0.104. The number of amides is 2. The van der Waals surface area contributed by atoms with Crippen LogP contribution in [0.15, 0.2) is 0 Å². The number of carbonyl (C=O) groups is 2. The molecule has 0 aromatic carbocycles. The molecule has 0 radical (unpaired) electrons. The summed E-state index contributed by atoms with van der Waals surface area (Å²) < 4.78 is 49.7. The Morgan fingerprint density at radius 1 is 1.32 bits per heavy atom. The van der Waals surface area contributed by atoms with Gasteiger partial charge in [0.05, 0.1) is 12.6 Å². The largest absolute Gasteiger partial charge is 0.433 e. The summed E-state index contributed by atoms with van der Waals surface area (Å²) in [7, 11) is 1.39. The first-order chi connectivity index (χ1) is 11.7. The van der Waals surface area contributed by atoms with Gasteiger partial charge in [-0.3, -0.25) is 9.69 Å². The molecule has 1 saturated carbocycles. The molecule has 2 rings (SSSR count). The highest BCUT2D eigenvalue weighted by atomic mass is 19.4. The third kappa shape index (κ3) is 4.35. The molecule has 2 fully saturated rings. The van der Waals surface area contributed by atoms with Crippen molar-refractivity contribution in [1.82, 2.24) is 10.2 Å². The fourth-order valence-electron chi connectivity index (χ4n) is 3.55. The number of nitrogens with zero attached hydrogens (tertiary/aromatic N) is 1. The topological polar surface area (TPSA) is 93.9 Å². The quantitative estimate of drug-likeness (QED) is 0.742. The highest BCUT2D eigenvalue weighted by molar-refractivity contribution is 5.80. The summed E-state index contributed by atoms with van der Waals surface area (Å²) >= 11 is 0. The van der Waals surface area contributed by atoms with Crippen LogP contribution in [0.5, 0.6) is 0 Å². The normalized spacial score (nSPS) is 24.9. The number of alkyl carbamates (subject to hydrolysis) is 1. The minimum atomic E-state index is -4.60. The number of methoxy groups -OCH3 is 1. The van der Waals surface area contributed by atoms with Gasteiger partial charge in [0.25, 0.3) is 0 Å². The van der Waals surface area contributed by atoms with Gasteiger partial charge in [-0.25, -0.2) is 4.79 Å². The molecule has 2 aliphatic rings. The third-order valence-electron chi connectivity index (χ3n) is 4.90. The lowest BCUT2D eigenvalue weighted by molar-refractivity contribution is -0.255. The fraction of sp³-hybridized carbons (Fsp3) is 0.867. The summed E-state index contributed by atoms with van der Waals surface area (Å²) in [4.78, 5) is 25.0. The van der Waals surface area contributed by atoms with E-state index in [1.54, 1.807) is 4.90 Å². The van der Waals surface area contributed by atoms with Crippen LogP contribution in [-0.2, 0) is 14.3 Å². The second-order valence-corrected chi connectivity index (χ2v) is 6.46. The number of alkyl halides is 3. The SMILES string of the molecule is COC(CNC(=O)OC1(C(F)(F)F)CCCC1)N1CCC[C@H]1C(N)=O. The predicted octanol–water partition coefficient (Wildman–Crippen LogP) is 1.51. The fourth-order valence-corrected chi connectivity index (χ4v) is 3.55. The number of primary amides is 1. The summed E-state index contributed by atoms with van der Waals surface area (Å²) in [5.74, 6) is -0.496. The zero-order valence-electron chi connectivity index (χ0n) is 14.1. The lowest BCUT2D eigenvalue weighted by Crippen LogP contribution is -2.53. The number of nitrogens with two attached hydrogens (primary N) is 1. The van der Waals surface area contributed by atoms with Crippen molar-refractivity contribution in [2.45, 2.75) is 62.6 Å². The van der Waals surface area contributed by atoms with E-state index in [0.29, 0.717) is 25.8 Å². The van der Waals surface area contributed by atoms with Gasteiger partial charge in [0.15, 0.2) is 0 Å². The molecule has 1 aliphatic carbocycles. The monoisotopic (exact) mass is 367 g/mol. The molecule has 10 heteroatoms. The van der Waals surface area contributed by atoms with Gasteiger partial charge in [0.2, 0.25) is 11.5 Å². The highest BCUT2D eigenvalue weighted by Gasteiger charge is 2.59. The number of carbonyl (C=O) groups excluding carboxylic acids is 2. The molecular formula is C15H24F3N3O4. The Kier molecular flexibility index (Phi) is 6.15. The van der Waals surface area contributed by atoms with Gasteiger partial charge in [0, 0.05) is 13.7 Å². The van der Waals surface area contributed by atoms with Gasteiger partial charge in [-0.1, -0.05) is 0 Å². The molecular weight excluding hydrogens is 343 g/mol.